The van der Waals surface area contributed by atoms with E-state index >= 15 is 0 Å². The van der Waals surface area contributed by atoms with Gasteiger partial charge >= 0.3 is 6.18 Å². The van der Waals surface area contributed by atoms with Crippen LogP contribution in [0.25, 0.3) is 0 Å². The van der Waals surface area contributed by atoms with Crippen LogP contribution >= 0.6 is 11.6 Å². The van der Waals surface area contributed by atoms with Crippen LogP contribution in [0.15, 0.2) is 34.9 Å². The van der Waals surface area contributed by atoms with E-state index in [0.717, 1.165) is 5.56 Å². The number of fused-ring (bicyclic) bond motifs is 1. The Morgan fingerprint density at radius 2 is 1.92 bits per heavy atom. The van der Waals surface area contributed by atoms with Crippen LogP contribution in [0, 0.1) is 5.82 Å². The van der Waals surface area contributed by atoms with E-state index in [1.807, 2.05) is 0 Å². The summed E-state index contributed by atoms with van der Waals surface area (Å²) in [4.78, 5) is 17.5. The van der Waals surface area contributed by atoms with Crippen molar-refractivity contribution in [3.8, 4) is 0 Å². The third-order valence-electron chi connectivity index (χ3n) is 6.77. The molecule has 0 radical (unpaired) electrons. The zero-order valence-corrected chi connectivity index (χ0v) is 21.0. The molecule has 198 valence electrons. The lowest BCUT2D eigenvalue weighted by atomic mass is 10.0. The number of halogens is 5. The van der Waals surface area contributed by atoms with E-state index in [1.165, 1.54) is 24.4 Å². The van der Waals surface area contributed by atoms with Gasteiger partial charge in [0.2, 0.25) is 0 Å². The Labute approximate surface area is 216 Å². The van der Waals surface area contributed by atoms with Crippen molar-refractivity contribution in [1.29, 1.82) is 0 Å². The summed E-state index contributed by atoms with van der Waals surface area (Å²) in [5, 5.41) is 2.53. The minimum atomic E-state index is -4.85. The second kappa shape index (κ2) is 9.54. The Hall–Kier alpha value is -2.73. The number of sulfonamides is 1. The SMILES string of the molecule is O=C1/C(=N/S(=O)(=O)C2CC2)CCCN1C(c1ccc(NC2Cc3ccc(Cl)c(F)c3C2)cn1)C(F)(F)F. The maximum atomic E-state index is 14.3. The highest BCUT2D eigenvalue weighted by Crippen LogP contribution is 2.39. The van der Waals surface area contributed by atoms with Gasteiger partial charge in [0.05, 0.1) is 27.9 Å². The summed E-state index contributed by atoms with van der Waals surface area (Å²) in [5.74, 6) is -1.52. The number of benzene rings is 1. The van der Waals surface area contributed by atoms with E-state index < -0.39 is 44.9 Å². The Bertz CT molecular complexity index is 1360. The summed E-state index contributed by atoms with van der Waals surface area (Å²) < 4.78 is 84.8. The molecule has 5 rings (SSSR count). The van der Waals surface area contributed by atoms with E-state index in [2.05, 4.69) is 14.7 Å². The van der Waals surface area contributed by atoms with Crippen LogP contribution in [0.5, 0.6) is 0 Å². The molecule has 1 aromatic heterocycles. The number of piperidine rings is 1. The molecule has 0 bridgehead atoms. The molecule has 2 aliphatic carbocycles. The van der Waals surface area contributed by atoms with Gasteiger partial charge in [-0.2, -0.15) is 17.6 Å². The van der Waals surface area contributed by atoms with Crippen molar-refractivity contribution in [2.75, 3.05) is 11.9 Å². The lowest BCUT2D eigenvalue weighted by Gasteiger charge is -2.35. The molecule has 37 heavy (non-hydrogen) atoms. The van der Waals surface area contributed by atoms with Crippen molar-refractivity contribution < 1.29 is 30.8 Å². The number of likely N-dealkylation sites (tertiary alicyclic amines) is 1. The van der Waals surface area contributed by atoms with Crippen LogP contribution in [0.4, 0.5) is 23.2 Å². The highest BCUT2D eigenvalue weighted by molar-refractivity contribution is 7.91. The van der Waals surface area contributed by atoms with Crippen molar-refractivity contribution in [2.45, 2.75) is 62.0 Å². The summed E-state index contributed by atoms with van der Waals surface area (Å²) in [7, 11) is -3.91. The van der Waals surface area contributed by atoms with Crippen LogP contribution in [0.3, 0.4) is 0 Å². The van der Waals surface area contributed by atoms with Gasteiger partial charge in [-0.05, 0) is 67.9 Å². The Morgan fingerprint density at radius 3 is 2.57 bits per heavy atom. The molecule has 1 saturated heterocycles. The number of anilines is 1. The van der Waals surface area contributed by atoms with Crippen LogP contribution < -0.4 is 5.32 Å². The number of pyridine rings is 1. The smallest absolute Gasteiger partial charge is 0.380 e. The molecule has 1 N–H and O–H groups in total. The molecule has 1 aromatic carbocycles. The molecule has 2 unspecified atom stereocenters. The van der Waals surface area contributed by atoms with E-state index in [0.29, 0.717) is 41.8 Å². The highest BCUT2D eigenvalue weighted by atomic mass is 35.5. The number of alkyl halides is 3. The maximum absolute atomic E-state index is 14.3. The molecule has 2 atom stereocenters. The largest absolute Gasteiger partial charge is 0.414 e. The van der Waals surface area contributed by atoms with Gasteiger partial charge in [0, 0.05) is 12.6 Å². The van der Waals surface area contributed by atoms with Gasteiger partial charge < -0.3 is 10.2 Å². The van der Waals surface area contributed by atoms with Crippen LogP contribution in [0.1, 0.15) is 48.5 Å². The molecule has 0 spiro atoms. The van der Waals surface area contributed by atoms with Crippen LogP contribution in [0.2, 0.25) is 5.02 Å². The summed E-state index contributed by atoms with van der Waals surface area (Å²) in [6.45, 7) is -0.207. The van der Waals surface area contributed by atoms with Crippen LogP contribution in [-0.2, 0) is 27.7 Å². The number of hydrogen-bond donors (Lipinski definition) is 1. The Kier molecular flexibility index (Phi) is 6.68. The number of aromatic nitrogens is 1. The molecule has 3 aliphatic rings. The highest BCUT2D eigenvalue weighted by Gasteiger charge is 2.49. The Morgan fingerprint density at radius 1 is 1.16 bits per heavy atom. The topological polar surface area (TPSA) is 91.7 Å². The maximum Gasteiger partial charge on any atom is 0.414 e. The van der Waals surface area contributed by atoms with Gasteiger partial charge in [-0.25, -0.2) is 12.8 Å². The van der Waals surface area contributed by atoms with Gasteiger partial charge in [-0.3, -0.25) is 9.78 Å². The van der Waals surface area contributed by atoms with Gasteiger partial charge in [0.1, 0.15) is 11.5 Å². The molecular formula is C24H23ClF4N4O3S. The van der Waals surface area contributed by atoms with Crippen LogP contribution in [-0.4, -0.2) is 53.9 Å². The molecule has 1 aliphatic heterocycles. The number of nitrogens with zero attached hydrogens (tertiary/aromatic N) is 3. The van der Waals surface area contributed by atoms with E-state index in [9.17, 15) is 30.8 Å². The van der Waals surface area contributed by atoms with Gasteiger partial charge in [-0.15, -0.1) is 0 Å². The van der Waals surface area contributed by atoms with Crippen molar-refractivity contribution in [1.82, 2.24) is 9.88 Å². The standard InChI is InChI=1S/C24H23ClF4N4O3S/c25-18-7-3-13-10-15(11-17(13)21(18)26)31-14-4-8-19(30-12-14)22(24(27,28)29)33-9-1-2-20(23(33)34)32-37(35,36)16-5-6-16/h3-4,7-8,12,15-16,22,31H,1-2,5-6,9-11H2/b32-20+. The average Bonchev–Trinajstić information content (AvgIpc) is 3.61. The van der Waals surface area contributed by atoms with Gasteiger partial charge in [-0.1, -0.05) is 17.7 Å². The van der Waals surface area contributed by atoms with Crippen molar-refractivity contribution in [3.63, 3.8) is 0 Å². The lowest BCUT2D eigenvalue weighted by Crippen LogP contribution is -2.49. The molecule has 1 saturated carbocycles. The number of carbonyl (C=O) groups excluding carboxylic acids is 1. The first-order valence-electron chi connectivity index (χ1n) is 11.8. The molecule has 2 heterocycles. The fourth-order valence-corrected chi connectivity index (χ4v) is 6.37. The number of amides is 1. The minimum absolute atomic E-state index is 0.00225. The van der Waals surface area contributed by atoms with Crippen molar-refractivity contribution in [2.24, 2.45) is 4.40 Å². The van der Waals surface area contributed by atoms with E-state index in [-0.39, 0.29) is 36.2 Å². The first-order chi connectivity index (χ1) is 17.4. The zero-order chi connectivity index (χ0) is 26.5. The summed E-state index contributed by atoms with van der Waals surface area (Å²) in [6, 6.07) is 3.31. The van der Waals surface area contributed by atoms with E-state index in [4.69, 9.17) is 11.6 Å². The minimum Gasteiger partial charge on any atom is -0.380 e. The third-order valence-corrected chi connectivity index (χ3v) is 8.85. The molecular weight excluding hydrogens is 536 g/mol. The normalized spacial score (nSPS) is 22.3. The number of carbonyl (C=O) groups is 1. The molecule has 13 heteroatoms. The number of hydrogen-bond acceptors (Lipinski definition) is 5. The Balaban J connectivity index is 1.34. The zero-order valence-electron chi connectivity index (χ0n) is 19.4. The second-order valence-corrected chi connectivity index (χ2v) is 11.8. The van der Waals surface area contributed by atoms with Gasteiger partial charge in [0.25, 0.3) is 15.9 Å². The summed E-state index contributed by atoms with van der Waals surface area (Å²) >= 11 is 5.85. The monoisotopic (exact) mass is 558 g/mol. The lowest BCUT2D eigenvalue weighted by molar-refractivity contribution is -0.191. The number of rotatable bonds is 6. The molecule has 7 nitrogen and oxygen atoms in total. The third kappa shape index (κ3) is 5.31. The second-order valence-electron chi connectivity index (χ2n) is 9.52. The first kappa shape index (κ1) is 25.9. The van der Waals surface area contributed by atoms with Crippen molar-refractivity contribution in [3.05, 3.63) is 58.1 Å². The average molecular weight is 559 g/mol. The quantitative estimate of drug-likeness (QED) is 0.523. The van der Waals surface area contributed by atoms with Gasteiger partial charge in [0.15, 0.2) is 6.04 Å². The van der Waals surface area contributed by atoms with Crippen molar-refractivity contribution >= 4 is 38.9 Å². The first-order valence-corrected chi connectivity index (χ1v) is 13.7. The molecule has 1 amide bonds. The summed E-state index contributed by atoms with van der Waals surface area (Å²) in [6.07, 6.45) is -1.71. The predicted molar refractivity (Wildman–Crippen MR) is 130 cm³/mol. The molecule has 2 fully saturated rings. The summed E-state index contributed by atoms with van der Waals surface area (Å²) in [5.41, 5.74) is 0.989. The molecule has 2 aromatic rings. The van der Waals surface area contributed by atoms with E-state index in [1.54, 1.807) is 6.07 Å². The fraction of sp³-hybridized carbons (Fsp3) is 0.458. The number of nitrogens with one attached hydrogen (secondary N) is 1. The fourth-order valence-electron chi connectivity index (χ4n) is 4.84. The predicted octanol–water partition coefficient (Wildman–Crippen LogP) is 4.61.